The van der Waals surface area contributed by atoms with Crippen LogP contribution in [0.1, 0.15) is 52.9 Å². The second kappa shape index (κ2) is 5.38. The molecule has 0 aromatic rings. The van der Waals surface area contributed by atoms with Gasteiger partial charge in [-0.15, -0.1) is 0 Å². The minimum absolute atomic E-state index is 0.0687. The Balaban J connectivity index is 1.89. The van der Waals surface area contributed by atoms with Crippen LogP contribution in [-0.4, -0.2) is 29.6 Å². The molecule has 1 N–H and O–H groups in total. The molecule has 1 saturated carbocycles. The molecule has 0 bridgehead atoms. The molecule has 2 unspecified atom stereocenters. The fraction of sp³-hybridized carbons (Fsp3) is 0.929. The Hall–Kier alpha value is -0.570. The van der Waals surface area contributed by atoms with E-state index in [4.69, 9.17) is 0 Å². The summed E-state index contributed by atoms with van der Waals surface area (Å²) in [6.07, 6.45) is 6.23. The molecule has 98 valence electrons. The number of nitrogens with one attached hydrogen (secondary N) is 1. The molecule has 0 aromatic carbocycles. The quantitative estimate of drug-likeness (QED) is 0.770. The Morgan fingerprint density at radius 2 is 2.12 bits per heavy atom. The zero-order chi connectivity index (χ0) is 12.4. The fourth-order valence-corrected chi connectivity index (χ4v) is 2.72. The molecule has 1 aliphatic carbocycles. The van der Waals surface area contributed by atoms with E-state index in [-0.39, 0.29) is 12.2 Å². The van der Waals surface area contributed by atoms with Gasteiger partial charge in [-0.05, 0) is 31.1 Å². The highest BCUT2D eigenvalue weighted by molar-refractivity contribution is 5.84. The second-order valence-corrected chi connectivity index (χ2v) is 6.04. The maximum absolute atomic E-state index is 12.3. The van der Waals surface area contributed by atoms with Gasteiger partial charge in [0.15, 0.2) is 0 Å². The molecule has 2 fully saturated rings. The van der Waals surface area contributed by atoms with E-state index in [1.807, 2.05) is 0 Å². The zero-order valence-electron chi connectivity index (χ0n) is 11.4. The largest absolute Gasteiger partial charge is 0.326 e. The average molecular weight is 238 g/mol. The Kier molecular flexibility index (Phi) is 4.08. The number of hydrogen-bond donors (Lipinski definition) is 1. The summed E-state index contributed by atoms with van der Waals surface area (Å²) in [5.41, 5.74) is 0. The van der Waals surface area contributed by atoms with Crippen LogP contribution >= 0.6 is 0 Å². The molecule has 2 rings (SSSR count). The van der Waals surface area contributed by atoms with Crippen molar-refractivity contribution in [3.8, 4) is 0 Å². The third-order valence-corrected chi connectivity index (χ3v) is 3.92. The molecular formula is C14H26N2O. The van der Waals surface area contributed by atoms with Gasteiger partial charge in [0.25, 0.3) is 0 Å². The lowest BCUT2D eigenvalue weighted by Gasteiger charge is -2.22. The van der Waals surface area contributed by atoms with Crippen LogP contribution < -0.4 is 5.32 Å². The van der Waals surface area contributed by atoms with Crippen molar-refractivity contribution in [2.45, 2.75) is 65.1 Å². The Bertz CT molecular complexity index is 273. The number of amides is 1. The standard InChI is InChI=1S/C14H26N2O/c1-4-13-15-12(9-10(2)3)14(17)16(13)8-7-11-5-6-11/h10-13,15H,4-9H2,1-3H3. The predicted octanol–water partition coefficient (Wildman–Crippen LogP) is 2.37. The highest BCUT2D eigenvalue weighted by Gasteiger charge is 2.38. The van der Waals surface area contributed by atoms with E-state index in [2.05, 4.69) is 31.0 Å². The summed E-state index contributed by atoms with van der Waals surface area (Å²) in [5, 5.41) is 3.49. The molecule has 0 aromatic heterocycles. The number of carbonyl (C=O) groups is 1. The van der Waals surface area contributed by atoms with E-state index in [0.717, 1.165) is 25.3 Å². The van der Waals surface area contributed by atoms with E-state index in [1.165, 1.54) is 19.3 Å². The van der Waals surface area contributed by atoms with Gasteiger partial charge in [-0.1, -0.05) is 33.6 Å². The van der Waals surface area contributed by atoms with Crippen LogP contribution in [0.15, 0.2) is 0 Å². The van der Waals surface area contributed by atoms with E-state index in [9.17, 15) is 4.79 Å². The summed E-state index contributed by atoms with van der Waals surface area (Å²) >= 11 is 0. The van der Waals surface area contributed by atoms with Gasteiger partial charge in [-0.3, -0.25) is 10.1 Å². The minimum atomic E-state index is 0.0687. The van der Waals surface area contributed by atoms with Crippen LogP contribution in [0, 0.1) is 11.8 Å². The molecule has 2 aliphatic rings. The first kappa shape index (κ1) is 12.9. The molecule has 1 amide bonds. The zero-order valence-corrected chi connectivity index (χ0v) is 11.4. The van der Waals surface area contributed by atoms with E-state index in [0.29, 0.717) is 11.8 Å². The van der Waals surface area contributed by atoms with Crippen LogP contribution in [0.3, 0.4) is 0 Å². The molecule has 0 spiro atoms. The maximum Gasteiger partial charge on any atom is 0.241 e. The lowest BCUT2D eigenvalue weighted by Crippen LogP contribution is -2.37. The van der Waals surface area contributed by atoms with Crippen LogP contribution in [0.25, 0.3) is 0 Å². The normalized spacial score (nSPS) is 29.4. The maximum atomic E-state index is 12.3. The van der Waals surface area contributed by atoms with Crippen molar-refractivity contribution in [1.82, 2.24) is 10.2 Å². The van der Waals surface area contributed by atoms with Crippen molar-refractivity contribution in [2.75, 3.05) is 6.54 Å². The lowest BCUT2D eigenvalue weighted by molar-refractivity contribution is -0.130. The molecular weight excluding hydrogens is 212 g/mol. The van der Waals surface area contributed by atoms with Gasteiger partial charge in [0.1, 0.15) is 0 Å². The van der Waals surface area contributed by atoms with Crippen LogP contribution in [-0.2, 0) is 4.79 Å². The highest BCUT2D eigenvalue weighted by Crippen LogP contribution is 2.33. The van der Waals surface area contributed by atoms with Gasteiger partial charge >= 0.3 is 0 Å². The fourth-order valence-electron chi connectivity index (χ4n) is 2.72. The minimum Gasteiger partial charge on any atom is -0.326 e. The summed E-state index contributed by atoms with van der Waals surface area (Å²) in [7, 11) is 0. The van der Waals surface area contributed by atoms with Crippen molar-refractivity contribution in [2.24, 2.45) is 11.8 Å². The summed E-state index contributed by atoms with van der Waals surface area (Å²) in [6.45, 7) is 7.49. The Labute approximate surface area is 105 Å². The first-order valence-corrected chi connectivity index (χ1v) is 7.18. The summed E-state index contributed by atoms with van der Waals surface area (Å²) in [5.74, 6) is 1.83. The number of hydrogen-bond acceptors (Lipinski definition) is 2. The van der Waals surface area contributed by atoms with Crippen LogP contribution in [0.2, 0.25) is 0 Å². The summed E-state index contributed by atoms with van der Waals surface area (Å²) in [6, 6.07) is 0.0687. The van der Waals surface area contributed by atoms with Gasteiger partial charge < -0.3 is 4.90 Å². The monoisotopic (exact) mass is 238 g/mol. The van der Waals surface area contributed by atoms with Crippen LogP contribution in [0.4, 0.5) is 0 Å². The first-order chi connectivity index (χ1) is 8.11. The Morgan fingerprint density at radius 1 is 1.41 bits per heavy atom. The number of rotatable bonds is 6. The summed E-state index contributed by atoms with van der Waals surface area (Å²) < 4.78 is 0. The average Bonchev–Trinajstić information content (AvgIpc) is 3.04. The third kappa shape index (κ3) is 3.21. The summed E-state index contributed by atoms with van der Waals surface area (Å²) in [4.78, 5) is 14.4. The van der Waals surface area contributed by atoms with Crippen LogP contribution in [0.5, 0.6) is 0 Å². The Morgan fingerprint density at radius 3 is 2.65 bits per heavy atom. The first-order valence-electron chi connectivity index (χ1n) is 7.18. The van der Waals surface area contributed by atoms with E-state index in [1.54, 1.807) is 0 Å². The van der Waals surface area contributed by atoms with Gasteiger partial charge in [0.2, 0.25) is 5.91 Å². The van der Waals surface area contributed by atoms with Crippen molar-refractivity contribution in [3.05, 3.63) is 0 Å². The van der Waals surface area contributed by atoms with E-state index < -0.39 is 0 Å². The molecule has 3 nitrogen and oxygen atoms in total. The van der Waals surface area contributed by atoms with Crippen molar-refractivity contribution in [1.29, 1.82) is 0 Å². The van der Waals surface area contributed by atoms with Crippen molar-refractivity contribution >= 4 is 5.91 Å². The van der Waals surface area contributed by atoms with Gasteiger partial charge in [-0.25, -0.2) is 0 Å². The van der Waals surface area contributed by atoms with Crippen molar-refractivity contribution < 1.29 is 4.79 Å². The highest BCUT2D eigenvalue weighted by atomic mass is 16.2. The lowest BCUT2D eigenvalue weighted by atomic mass is 10.0. The predicted molar refractivity (Wildman–Crippen MR) is 69.5 cm³/mol. The molecule has 3 heteroatoms. The van der Waals surface area contributed by atoms with Gasteiger partial charge in [-0.2, -0.15) is 0 Å². The molecule has 1 heterocycles. The molecule has 1 aliphatic heterocycles. The van der Waals surface area contributed by atoms with Gasteiger partial charge in [0.05, 0.1) is 12.2 Å². The topological polar surface area (TPSA) is 32.3 Å². The number of carbonyl (C=O) groups excluding carboxylic acids is 1. The third-order valence-electron chi connectivity index (χ3n) is 3.92. The molecule has 1 saturated heterocycles. The second-order valence-electron chi connectivity index (χ2n) is 6.04. The molecule has 2 atom stereocenters. The molecule has 17 heavy (non-hydrogen) atoms. The SMILES string of the molecule is CCC1NC(CC(C)C)C(=O)N1CCC1CC1. The number of nitrogens with zero attached hydrogens (tertiary/aromatic N) is 1. The smallest absolute Gasteiger partial charge is 0.241 e. The van der Waals surface area contributed by atoms with E-state index >= 15 is 0 Å². The van der Waals surface area contributed by atoms with Gasteiger partial charge in [0, 0.05) is 6.54 Å². The van der Waals surface area contributed by atoms with Crippen molar-refractivity contribution in [3.63, 3.8) is 0 Å². The molecule has 0 radical (unpaired) electrons.